The average Bonchev–Trinajstić information content (AvgIpc) is 2.43. The molecule has 7 nitrogen and oxygen atoms in total. The second-order valence-electron chi connectivity index (χ2n) is 4.28. The van der Waals surface area contributed by atoms with Crippen molar-refractivity contribution in [2.75, 3.05) is 13.2 Å². The van der Waals surface area contributed by atoms with Crippen LogP contribution in [0.4, 0.5) is 0 Å². The molecule has 0 radical (unpaired) electrons. The summed E-state index contributed by atoms with van der Waals surface area (Å²) in [4.78, 5) is 22.0. The number of carbonyl (C=O) groups excluding carboxylic acids is 1. The number of aliphatic carboxylic acids is 1. The predicted molar refractivity (Wildman–Crippen MR) is 67.9 cm³/mol. The minimum atomic E-state index is -2.02. The molecule has 1 amide bonds. The van der Waals surface area contributed by atoms with Crippen molar-refractivity contribution in [3.8, 4) is 11.8 Å². The number of rotatable bonds is 6. The van der Waals surface area contributed by atoms with E-state index in [2.05, 4.69) is 5.32 Å². The number of benzene rings is 1. The summed E-state index contributed by atoms with van der Waals surface area (Å²) in [5, 5.41) is 28.9. The Morgan fingerprint density at radius 3 is 2.50 bits per heavy atom. The van der Waals surface area contributed by atoms with E-state index in [0.717, 1.165) is 6.92 Å². The van der Waals surface area contributed by atoms with Crippen molar-refractivity contribution < 1.29 is 24.5 Å². The van der Waals surface area contributed by atoms with Crippen LogP contribution in [0.5, 0.6) is 5.75 Å². The summed E-state index contributed by atoms with van der Waals surface area (Å²) in [5.74, 6) is -1.58. The number of nitrogens with one attached hydrogen (secondary N) is 1. The first-order valence-corrected chi connectivity index (χ1v) is 5.70. The van der Waals surface area contributed by atoms with E-state index in [1.807, 2.05) is 6.07 Å². The molecule has 106 valence electrons. The highest BCUT2D eigenvalue weighted by Gasteiger charge is 2.30. The molecule has 20 heavy (non-hydrogen) atoms. The number of ether oxygens (including phenoxy) is 1. The van der Waals surface area contributed by atoms with Crippen LogP contribution in [-0.4, -0.2) is 40.8 Å². The molecule has 1 unspecified atom stereocenters. The molecule has 0 heterocycles. The number of nitriles is 1. The summed E-state index contributed by atoms with van der Waals surface area (Å²) >= 11 is 0. The van der Waals surface area contributed by atoms with Gasteiger partial charge in [-0.2, -0.15) is 5.26 Å². The highest BCUT2D eigenvalue weighted by Crippen LogP contribution is 2.11. The third kappa shape index (κ3) is 4.59. The molecule has 1 aromatic carbocycles. The number of aliphatic hydroxyl groups is 1. The van der Waals surface area contributed by atoms with Crippen molar-refractivity contribution >= 4 is 11.9 Å². The number of hydrogen-bond donors (Lipinski definition) is 3. The van der Waals surface area contributed by atoms with Crippen LogP contribution in [0.3, 0.4) is 0 Å². The largest absolute Gasteiger partial charge is 0.484 e. The first-order valence-electron chi connectivity index (χ1n) is 5.70. The molecule has 1 atom stereocenters. The van der Waals surface area contributed by atoms with Gasteiger partial charge in [-0.15, -0.1) is 0 Å². The fraction of sp³-hybridized carbons (Fsp3) is 0.308. The topological polar surface area (TPSA) is 120 Å². The Hall–Kier alpha value is -2.59. The zero-order chi connectivity index (χ0) is 15.2. The molecule has 1 rings (SSSR count). The van der Waals surface area contributed by atoms with Crippen molar-refractivity contribution in [1.82, 2.24) is 5.32 Å². The number of hydrogen-bond acceptors (Lipinski definition) is 5. The van der Waals surface area contributed by atoms with Gasteiger partial charge in [0.25, 0.3) is 5.91 Å². The number of carboxylic acids is 1. The van der Waals surface area contributed by atoms with Crippen LogP contribution in [-0.2, 0) is 9.59 Å². The number of carboxylic acid groups (broad SMARTS) is 1. The molecular formula is C13H14N2O5. The van der Waals surface area contributed by atoms with Gasteiger partial charge in [0.15, 0.2) is 12.2 Å². The van der Waals surface area contributed by atoms with Gasteiger partial charge in [0.2, 0.25) is 0 Å². The lowest BCUT2D eigenvalue weighted by Crippen LogP contribution is -2.47. The summed E-state index contributed by atoms with van der Waals surface area (Å²) in [7, 11) is 0. The molecule has 0 saturated carbocycles. The van der Waals surface area contributed by atoms with Crippen LogP contribution in [0.25, 0.3) is 0 Å². The van der Waals surface area contributed by atoms with Crippen molar-refractivity contribution in [1.29, 1.82) is 5.26 Å². The zero-order valence-corrected chi connectivity index (χ0v) is 10.8. The Labute approximate surface area is 115 Å². The van der Waals surface area contributed by atoms with Crippen LogP contribution in [0.1, 0.15) is 12.5 Å². The molecule has 0 saturated heterocycles. The third-order valence-electron chi connectivity index (χ3n) is 2.44. The first kappa shape index (κ1) is 15.5. The quantitative estimate of drug-likeness (QED) is 0.667. The van der Waals surface area contributed by atoms with Crippen LogP contribution >= 0.6 is 0 Å². The normalized spacial score (nSPS) is 12.8. The van der Waals surface area contributed by atoms with Gasteiger partial charge in [0.05, 0.1) is 18.2 Å². The molecule has 0 aliphatic heterocycles. The standard InChI is InChI=1S/C13H14N2O5/c1-13(19,12(17)18)8-15-11(16)7-20-10-4-2-9(6-14)3-5-10/h2-5,19H,7-8H2,1H3,(H,15,16)(H,17,18). The molecule has 3 N–H and O–H groups in total. The summed E-state index contributed by atoms with van der Waals surface area (Å²) < 4.78 is 5.14. The Morgan fingerprint density at radius 2 is 2.00 bits per heavy atom. The lowest BCUT2D eigenvalue weighted by molar-refractivity contribution is -0.156. The van der Waals surface area contributed by atoms with Gasteiger partial charge < -0.3 is 20.3 Å². The van der Waals surface area contributed by atoms with E-state index >= 15 is 0 Å². The summed E-state index contributed by atoms with van der Waals surface area (Å²) in [5.41, 5.74) is -1.55. The van der Waals surface area contributed by atoms with Crippen LogP contribution < -0.4 is 10.1 Å². The summed E-state index contributed by atoms with van der Waals surface area (Å²) in [6.07, 6.45) is 0. The highest BCUT2D eigenvalue weighted by atomic mass is 16.5. The molecule has 0 spiro atoms. The lowest BCUT2D eigenvalue weighted by atomic mass is 10.1. The smallest absolute Gasteiger partial charge is 0.337 e. The molecule has 0 aliphatic rings. The molecular weight excluding hydrogens is 264 g/mol. The second kappa shape index (κ2) is 6.54. The second-order valence-corrected chi connectivity index (χ2v) is 4.28. The fourth-order valence-corrected chi connectivity index (χ4v) is 1.17. The fourth-order valence-electron chi connectivity index (χ4n) is 1.17. The van der Waals surface area contributed by atoms with Gasteiger partial charge >= 0.3 is 5.97 Å². The van der Waals surface area contributed by atoms with E-state index in [1.54, 1.807) is 24.3 Å². The minimum Gasteiger partial charge on any atom is -0.484 e. The SMILES string of the molecule is CC(O)(CNC(=O)COc1ccc(C#N)cc1)C(=O)O. The number of amides is 1. The Bertz CT molecular complexity index is 531. The highest BCUT2D eigenvalue weighted by molar-refractivity contribution is 5.80. The molecule has 1 aromatic rings. The van der Waals surface area contributed by atoms with E-state index in [4.69, 9.17) is 15.1 Å². The van der Waals surface area contributed by atoms with Crippen molar-refractivity contribution in [2.24, 2.45) is 0 Å². The van der Waals surface area contributed by atoms with E-state index < -0.39 is 24.0 Å². The third-order valence-corrected chi connectivity index (χ3v) is 2.44. The molecule has 0 aliphatic carbocycles. The van der Waals surface area contributed by atoms with Crippen LogP contribution in [0, 0.1) is 11.3 Å². The monoisotopic (exact) mass is 278 g/mol. The van der Waals surface area contributed by atoms with E-state index in [0.29, 0.717) is 11.3 Å². The molecule has 0 fully saturated rings. The van der Waals surface area contributed by atoms with E-state index in [1.165, 1.54) is 0 Å². The van der Waals surface area contributed by atoms with Crippen LogP contribution in [0.2, 0.25) is 0 Å². The Balaban J connectivity index is 2.40. The van der Waals surface area contributed by atoms with Crippen molar-refractivity contribution in [2.45, 2.75) is 12.5 Å². The van der Waals surface area contributed by atoms with Gasteiger partial charge in [-0.3, -0.25) is 4.79 Å². The number of nitrogens with zero attached hydrogens (tertiary/aromatic N) is 1. The number of carbonyl (C=O) groups is 2. The van der Waals surface area contributed by atoms with Gasteiger partial charge in [-0.25, -0.2) is 4.79 Å². The maximum Gasteiger partial charge on any atom is 0.337 e. The molecule has 7 heteroatoms. The predicted octanol–water partition coefficient (Wildman–Crippen LogP) is -0.111. The lowest BCUT2D eigenvalue weighted by Gasteiger charge is -2.18. The Kier molecular flexibility index (Phi) is 5.06. The van der Waals surface area contributed by atoms with Gasteiger partial charge in [-0.05, 0) is 31.2 Å². The first-order chi connectivity index (χ1) is 9.35. The van der Waals surface area contributed by atoms with E-state index in [9.17, 15) is 14.7 Å². The van der Waals surface area contributed by atoms with Gasteiger partial charge in [0, 0.05) is 0 Å². The maximum absolute atomic E-state index is 11.4. The van der Waals surface area contributed by atoms with Gasteiger partial charge in [-0.1, -0.05) is 0 Å². The Morgan fingerprint density at radius 1 is 1.40 bits per heavy atom. The minimum absolute atomic E-state index is 0.318. The summed E-state index contributed by atoms with van der Waals surface area (Å²) in [6, 6.07) is 8.12. The van der Waals surface area contributed by atoms with Crippen molar-refractivity contribution in [3.63, 3.8) is 0 Å². The molecule has 0 bridgehead atoms. The summed E-state index contributed by atoms with van der Waals surface area (Å²) in [6.45, 7) is 0.344. The van der Waals surface area contributed by atoms with Crippen LogP contribution in [0.15, 0.2) is 24.3 Å². The average molecular weight is 278 g/mol. The zero-order valence-electron chi connectivity index (χ0n) is 10.8. The molecule has 0 aromatic heterocycles. The maximum atomic E-state index is 11.4. The van der Waals surface area contributed by atoms with Crippen molar-refractivity contribution in [3.05, 3.63) is 29.8 Å². The van der Waals surface area contributed by atoms with E-state index in [-0.39, 0.29) is 6.61 Å². The van der Waals surface area contributed by atoms with Gasteiger partial charge in [0.1, 0.15) is 5.75 Å².